The molecular formula is C28H32N2O8. The van der Waals surface area contributed by atoms with Gasteiger partial charge in [-0.15, -0.1) is 0 Å². The molecule has 0 saturated heterocycles. The van der Waals surface area contributed by atoms with Crippen molar-refractivity contribution in [2.75, 3.05) is 13.2 Å². The predicted molar refractivity (Wildman–Crippen MR) is 136 cm³/mol. The van der Waals surface area contributed by atoms with Crippen molar-refractivity contribution in [3.63, 3.8) is 0 Å². The molecule has 2 aromatic carbocycles. The molecule has 0 aromatic heterocycles. The van der Waals surface area contributed by atoms with Gasteiger partial charge in [0, 0.05) is 5.92 Å². The quantitative estimate of drug-likeness (QED) is 0.162. The minimum atomic E-state index is -1.21. The standard InChI is InChI=1S/C28H32N2O8/c1-3-35-25(31)24(26(32)36-4-2)22-15-16-23(17-22)30(28(34)38-19-21-13-9-6-10-14-21)29-27(33)37-18-20-11-7-5-8-12-20/h5-16,22-24H,3-4,17-19H2,1-2H3,(H,29,33)/t22-,23+/m0/s1. The van der Waals surface area contributed by atoms with E-state index in [-0.39, 0.29) is 32.8 Å². The number of carbonyl (C=O) groups excluding carboxylic acids is 4. The van der Waals surface area contributed by atoms with E-state index in [4.69, 9.17) is 18.9 Å². The Kier molecular flexibility index (Phi) is 10.7. The molecule has 10 heteroatoms. The molecule has 0 fully saturated rings. The Hall–Kier alpha value is -4.34. The van der Waals surface area contributed by atoms with Crippen molar-refractivity contribution >= 4 is 24.1 Å². The second kappa shape index (κ2) is 14.4. The van der Waals surface area contributed by atoms with E-state index < -0.39 is 42.0 Å². The lowest BCUT2D eigenvalue weighted by molar-refractivity contribution is -0.163. The van der Waals surface area contributed by atoms with Crippen LogP contribution in [-0.2, 0) is 41.8 Å². The number of hydrazine groups is 1. The highest BCUT2D eigenvalue weighted by Gasteiger charge is 2.41. The maximum absolute atomic E-state index is 13.1. The van der Waals surface area contributed by atoms with Gasteiger partial charge in [0.25, 0.3) is 0 Å². The largest absolute Gasteiger partial charge is 0.465 e. The Morgan fingerprint density at radius 3 is 1.84 bits per heavy atom. The Balaban J connectivity index is 1.72. The number of carbonyl (C=O) groups is 4. The SMILES string of the molecule is CCOC(=O)C(C(=O)OCC)[C@H]1C=C[C@@H](N(NC(=O)OCc2ccccc2)C(=O)OCc2ccccc2)C1. The average Bonchev–Trinajstić information content (AvgIpc) is 3.40. The van der Waals surface area contributed by atoms with Gasteiger partial charge in [-0.2, -0.15) is 0 Å². The highest BCUT2D eigenvalue weighted by Crippen LogP contribution is 2.30. The number of rotatable bonds is 10. The third-order valence-corrected chi connectivity index (χ3v) is 5.76. The van der Waals surface area contributed by atoms with E-state index in [1.165, 1.54) is 0 Å². The van der Waals surface area contributed by atoms with Gasteiger partial charge >= 0.3 is 24.1 Å². The van der Waals surface area contributed by atoms with Crippen LogP contribution >= 0.6 is 0 Å². The fourth-order valence-corrected chi connectivity index (χ4v) is 3.96. The summed E-state index contributed by atoms with van der Waals surface area (Å²) >= 11 is 0. The first-order valence-corrected chi connectivity index (χ1v) is 12.4. The molecule has 38 heavy (non-hydrogen) atoms. The summed E-state index contributed by atoms with van der Waals surface area (Å²) in [6.45, 7) is 3.45. The smallest absolute Gasteiger partial charge is 0.429 e. The molecule has 0 unspecified atom stereocenters. The Morgan fingerprint density at radius 1 is 0.789 bits per heavy atom. The van der Waals surface area contributed by atoms with Crippen LogP contribution in [0.2, 0.25) is 0 Å². The lowest BCUT2D eigenvalue weighted by atomic mass is 9.91. The van der Waals surface area contributed by atoms with Gasteiger partial charge in [-0.1, -0.05) is 72.8 Å². The van der Waals surface area contributed by atoms with Crippen LogP contribution in [0.15, 0.2) is 72.8 Å². The van der Waals surface area contributed by atoms with Crippen LogP contribution in [0.4, 0.5) is 9.59 Å². The van der Waals surface area contributed by atoms with Crippen molar-refractivity contribution in [1.29, 1.82) is 0 Å². The van der Waals surface area contributed by atoms with Crippen molar-refractivity contribution < 1.29 is 38.1 Å². The maximum atomic E-state index is 13.1. The first-order valence-electron chi connectivity index (χ1n) is 12.4. The van der Waals surface area contributed by atoms with Crippen LogP contribution in [0.3, 0.4) is 0 Å². The number of ether oxygens (including phenoxy) is 4. The zero-order valence-electron chi connectivity index (χ0n) is 21.4. The van der Waals surface area contributed by atoms with E-state index in [1.807, 2.05) is 36.4 Å². The van der Waals surface area contributed by atoms with Crippen molar-refractivity contribution in [1.82, 2.24) is 10.4 Å². The highest BCUT2D eigenvalue weighted by molar-refractivity contribution is 5.95. The van der Waals surface area contributed by atoms with Crippen LogP contribution in [0.25, 0.3) is 0 Å². The molecule has 1 aliphatic carbocycles. The third-order valence-electron chi connectivity index (χ3n) is 5.76. The van der Waals surface area contributed by atoms with Gasteiger partial charge in [-0.05, 0) is 31.4 Å². The molecule has 0 saturated carbocycles. The molecule has 2 aromatic rings. The summed E-state index contributed by atoms with van der Waals surface area (Å²) in [5, 5.41) is 1.00. The minimum absolute atomic E-state index is 0.00347. The Labute approximate surface area is 221 Å². The fourth-order valence-electron chi connectivity index (χ4n) is 3.96. The lowest BCUT2D eigenvalue weighted by Gasteiger charge is -2.28. The summed E-state index contributed by atoms with van der Waals surface area (Å²) in [5.74, 6) is -3.25. The summed E-state index contributed by atoms with van der Waals surface area (Å²) in [6, 6.07) is 17.4. The first-order chi connectivity index (χ1) is 18.4. The minimum Gasteiger partial charge on any atom is -0.465 e. The zero-order chi connectivity index (χ0) is 27.3. The van der Waals surface area contributed by atoms with Gasteiger partial charge in [0.1, 0.15) is 13.2 Å². The van der Waals surface area contributed by atoms with Gasteiger partial charge in [-0.25, -0.2) is 20.0 Å². The molecule has 0 aliphatic heterocycles. The monoisotopic (exact) mass is 524 g/mol. The molecule has 0 radical (unpaired) electrons. The number of esters is 2. The molecule has 1 aliphatic rings. The lowest BCUT2D eigenvalue weighted by Crippen LogP contribution is -2.51. The third kappa shape index (κ3) is 8.09. The van der Waals surface area contributed by atoms with Crippen molar-refractivity contribution in [2.24, 2.45) is 11.8 Å². The predicted octanol–water partition coefficient (Wildman–Crippen LogP) is 4.15. The van der Waals surface area contributed by atoms with Gasteiger partial charge in [0.2, 0.25) is 0 Å². The van der Waals surface area contributed by atoms with Gasteiger partial charge in [-0.3, -0.25) is 9.59 Å². The van der Waals surface area contributed by atoms with Crippen LogP contribution in [0.5, 0.6) is 0 Å². The van der Waals surface area contributed by atoms with Crippen molar-refractivity contribution in [3.8, 4) is 0 Å². The topological polar surface area (TPSA) is 120 Å². The number of nitrogens with zero attached hydrogens (tertiary/aromatic N) is 1. The van der Waals surface area contributed by atoms with E-state index in [1.54, 1.807) is 50.3 Å². The number of amides is 2. The molecule has 3 rings (SSSR count). The molecule has 0 bridgehead atoms. The molecule has 2 atom stereocenters. The molecule has 2 amide bonds. The van der Waals surface area contributed by atoms with E-state index in [0.29, 0.717) is 0 Å². The summed E-state index contributed by atoms with van der Waals surface area (Å²) in [6.07, 6.45) is 1.70. The van der Waals surface area contributed by atoms with E-state index in [2.05, 4.69) is 5.43 Å². The number of hydrogen-bond acceptors (Lipinski definition) is 8. The molecule has 1 N–H and O–H groups in total. The fraction of sp³-hybridized carbons (Fsp3) is 0.357. The van der Waals surface area contributed by atoms with Crippen molar-refractivity contribution in [3.05, 3.63) is 83.9 Å². The van der Waals surface area contributed by atoms with Crippen LogP contribution in [0.1, 0.15) is 31.4 Å². The van der Waals surface area contributed by atoms with Gasteiger partial charge < -0.3 is 18.9 Å². The molecular weight excluding hydrogens is 492 g/mol. The second-order valence-corrected chi connectivity index (χ2v) is 8.42. The average molecular weight is 525 g/mol. The Bertz CT molecular complexity index is 1090. The van der Waals surface area contributed by atoms with Gasteiger partial charge in [0.05, 0.1) is 19.3 Å². The second-order valence-electron chi connectivity index (χ2n) is 8.42. The first kappa shape index (κ1) is 28.2. The van der Waals surface area contributed by atoms with E-state index in [9.17, 15) is 19.2 Å². The summed E-state index contributed by atoms with van der Waals surface area (Å²) in [5.41, 5.74) is 3.98. The normalized spacial score (nSPS) is 16.0. The summed E-state index contributed by atoms with van der Waals surface area (Å²) < 4.78 is 20.9. The Morgan fingerprint density at radius 2 is 1.32 bits per heavy atom. The number of benzene rings is 2. The van der Waals surface area contributed by atoms with E-state index in [0.717, 1.165) is 16.1 Å². The number of allylic oxidation sites excluding steroid dienone is 1. The summed E-state index contributed by atoms with van der Waals surface area (Å²) in [7, 11) is 0. The molecule has 10 nitrogen and oxygen atoms in total. The summed E-state index contributed by atoms with van der Waals surface area (Å²) in [4.78, 5) is 50.8. The molecule has 202 valence electrons. The van der Waals surface area contributed by atoms with Crippen LogP contribution in [-0.4, -0.2) is 48.4 Å². The maximum Gasteiger partial charge on any atom is 0.429 e. The molecule has 0 heterocycles. The van der Waals surface area contributed by atoms with Crippen LogP contribution in [0, 0.1) is 11.8 Å². The van der Waals surface area contributed by atoms with Crippen molar-refractivity contribution in [2.45, 2.75) is 39.5 Å². The van der Waals surface area contributed by atoms with E-state index >= 15 is 0 Å². The highest BCUT2D eigenvalue weighted by atomic mass is 16.6. The van der Waals surface area contributed by atoms with Gasteiger partial charge in [0.15, 0.2) is 5.92 Å². The molecule has 0 spiro atoms. The zero-order valence-corrected chi connectivity index (χ0v) is 21.4. The number of hydrogen-bond donors (Lipinski definition) is 1. The van der Waals surface area contributed by atoms with Crippen LogP contribution < -0.4 is 5.43 Å². The number of nitrogens with one attached hydrogen (secondary N) is 1.